The maximum atomic E-state index is 11.8. The number of aryl methyl sites for hydroxylation is 1. The van der Waals surface area contributed by atoms with Crippen molar-refractivity contribution in [3.05, 3.63) is 63.6 Å². The molecule has 2 aromatic rings. The van der Waals surface area contributed by atoms with Crippen LogP contribution in [0.5, 0.6) is 0 Å². The third-order valence-corrected chi connectivity index (χ3v) is 6.25. The number of esters is 1. The molecule has 1 saturated heterocycles. The van der Waals surface area contributed by atoms with Crippen LogP contribution in [0.2, 0.25) is 0 Å². The Bertz CT molecular complexity index is 823. The third kappa shape index (κ3) is 3.38. The van der Waals surface area contributed by atoms with E-state index < -0.39 is 0 Å². The topological polar surface area (TPSA) is 32.8 Å². The van der Waals surface area contributed by atoms with Crippen molar-refractivity contribution in [1.82, 2.24) is 4.90 Å². The van der Waals surface area contributed by atoms with Gasteiger partial charge in [-0.25, -0.2) is 4.79 Å². The minimum absolute atomic E-state index is 0.256. The molecule has 0 amide bonds. The summed E-state index contributed by atoms with van der Waals surface area (Å²) in [4.78, 5) is 16.9. The van der Waals surface area contributed by atoms with E-state index in [4.69, 9.17) is 4.74 Å². The van der Waals surface area contributed by atoms with Crippen LogP contribution >= 0.6 is 15.9 Å². The molecule has 1 atom stereocenters. The Hall–Kier alpha value is -1.85. The highest BCUT2D eigenvalue weighted by Gasteiger charge is 2.32. The fourth-order valence-corrected chi connectivity index (χ4v) is 4.54. The first-order valence-corrected chi connectivity index (χ1v) is 9.88. The lowest BCUT2D eigenvalue weighted by Crippen LogP contribution is -2.54. The molecule has 5 heteroatoms. The van der Waals surface area contributed by atoms with E-state index in [2.05, 4.69) is 56.1 Å². The Morgan fingerprint density at radius 2 is 2.08 bits per heavy atom. The third-order valence-electron chi connectivity index (χ3n) is 5.48. The molecule has 0 aromatic heterocycles. The predicted molar refractivity (Wildman–Crippen MR) is 107 cm³/mol. The highest BCUT2D eigenvalue weighted by molar-refractivity contribution is 9.10. The number of nitrogens with zero attached hydrogens (tertiary/aromatic N) is 2. The molecule has 2 heterocycles. The first-order chi connectivity index (χ1) is 12.7. The molecule has 0 unspecified atom stereocenters. The van der Waals surface area contributed by atoms with Gasteiger partial charge in [-0.05, 0) is 48.2 Å². The molecule has 136 valence electrons. The summed E-state index contributed by atoms with van der Waals surface area (Å²) in [7, 11) is 1.43. The summed E-state index contributed by atoms with van der Waals surface area (Å²) in [5.74, 6) is -0.256. The van der Waals surface area contributed by atoms with E-state index in [9.17, 15) is 4.79 Å². The van der Waals surface area contributed by atoms with Crippen LogP contribution in [0, 0.1) is 0 Å². The van der Waals surface area contributed by atoms with E-state index in [0.717, 1.165) is 39.0 Å². The number of rotatable bonds is 3. The van der Waals surface area contributed by atoms with Gasteiger partial charge in [0.1, 0.15) is 0 Å². The number of halogens is 1. The Labute approximate surface area is 162 Å². The average Bonchev–Trinajstić information content (AvgIpc) is 2.68. The van der Waals surface area contributed by atoms with Crippen LogP contribution in [0.3, 0.4) is 0 Å². The quantitative estimate of drug-likeness (QED) is 0.713. The van der Waals surface area contributed by atoms with E-state index >= 15 is 0 Å². The first kappa shape index (κ1) is 17.6. The molecule has 0 aliphatic carbocycles. The van der Waals surface area contributed by atoms with Gasteiger partial charge in [-0.1, -0.05) is 34.1 Å². The molecule has 4 nitrogen and oxygen atoms in total. The van der Waals surface area contributed by atoms with Crippen LogP contribution in [0.15, 0.2) is 46.9 Å². The molecular formula is C21H23BrN2O2. The molecule has 26 heavy (non-hydrogen) atoms. The normalized spacial score (nSPS) is 19.6. The van der Waals surface area contributed by atoms with E-state index in [1.807, 2.05) is 12.1 Å². The molecule has 0 N–H and O–H groups in total. The Kier molecular flexibility index (Phi) is 5.00. The lowest BCUT2D eigenvalue weighted by atomic mass is 9.92. The van der Waals surface area contributed by atoms with Gasteiger partial charge in [-0.15, -0.1) is 0 Å². The summed E-state index contributed by atoms with van der Waals surface area (Å²) < 4.78 is 6.04. The minimum Gasteiger partial charge on any atom is -0.465 e. The number of benzene rings is 2. The molecule has 2 aliphatic heterocycles. The smallest absolute Gasteiger partial charge is 0.337 e. The minimum atomic E-state index is -0.256. The highest BCUT2D eigenvalue weighted by atomic mass is 79.9. The van der Waals surface area contributed by atoms with Gasteiger partial charge in [0.25, 0.3) is 0 Å². The number of piperazine rings is 1. The molecule has 0 saturated carbocycles. The van der Waals surface area contributed by atoms with Crippen molar-refractivity contribution in [2.45, 2.75) is 25.4 Å². The maximum Gasteiger partial charge on any atom is 0.337 e. The molecule has 0 bridgehead atoms. The predicted octanol–water partition coefficient (Wildman–Crippen LogP) is 3.87. The van der Waals surface area contributed by atoms with Crippen LogP contribution in [-0.2, 0) is 17.7 Å². The van der Waals surface area contributed by atoms with Crippen molar-refractivity contribution in [1.29, 1.82) is 0 Å². The number of carbonyl (C=O) groups is 1. The van der Waals surface area contributed by atoms with Crippen molar-refractivity contribution in [3.63, 3.8) is 0 Å². The van der Waals surface area contributed by atoms with E-state index in [0.29, 0.717) is 11.6 Å². The molecule has 0 radical (unpaired) electrons. The van der Waals surface area contributed by atoms with Crippen molar-refractivity contribution in [2.24, 2.45) is 0 Å². The number of hydrogen-bond acceptors (Lipinski definition) is 4. The van der Waals surface area contributed by atoms with E-state index in [1.54, 1.807) is 0 Å². The number of hydrogen-bond donors (Lipinski definition) is 0. The second kappa shape index (κ2) is 7.41. The summed E-state index contributed by atoms with van der Waals surface area (Å²) in [5, 5.41) is 0. The Morgan fingerprint density at radius 1 is 1.23 bits per heavy atom. The van der Waals surface area contributed by atoms with E-state index in [1.165, 1.54) is 28.4 Å². The lowest BCUT2D eigenvalue weighted by molar-refractivity contribution is 0.0600. The summed E-state index contributed by atoms with van der Waals surface area (Å²) in [6.45, 7) is 4.15. The van der Waals surface area contributed by atoms with Crippen LogP contribution < -0.4 is 4.90 Å². The molecule has 2 aliphatic rings. The molecular weight excluding hydrogens is 392 g/mol. The van der Waals surface area contributed by atoms with Crippen LogP contribution in [-0.4, -0.2) is 43.7 Å². The van der Waals surface area contributed by atoms with Crippen molar-refractivity contribution in [3.8, 4) is 0 Å². The second-order valence-corrected chi connectivity index (χ2v) is 7.90. The Balaban J connectivity index is 1.48. The molecule has 2 aromatic carbocycles. The standard InChI is InChI=1S/C21H23BrN2O2/c1-26-21(25)16-7-9-20-15(12-16)6-8-18-14-23(10-11-24(18)20)13-17-4-2-3-5-19(17)22/h2-5,7,9,12,18H,6,8,10-11,13-14H2,1H3/t18-/m1/s1. The fourth-order valence-electron chi connectivity index (χ4n) is 4.13. The highest BCUT2D eigenvalue weighted by Crippen LogP contribution is 2.34. The van der Waals surface area contributed by atoms with Crippen molar-refractivity contribution in [2.75, 3.05) is 31.6 Å². The molecule has 4 rings (SSSR count). The lowest BCUT2D eigenvalue weighted by Gasteiger charge is -2.46. The van der Waals surface area contributed by atoms with Gasteiger partial charge in [-0.3, -0.25) is 4.90 Å². The average molecular weight is 415 g/mol. The number of fused-ring (bicyclic) bond motifs is 3. The van der Waals surface area contributed by atoms with Gasteiger partial charge < -0.3 is 9.64 Å². The van der Waals surface area contributed by atoms with Crippen LogP contribution in [0.4, 0.5) is 5.69 Å². The van der Waals surface area contributed by atoms with Gasteiger partial charge in [0, 0.05) is 42.4 Å². The van der Waals surface area contributed by atoms with Gasteiger partial charge in [0.2, 0.25) is 0 Å². The van der Waals surface area contributed by atoms with Gasteiger partial charge in [0.05, 0.1) is 12.7 Å². The number of carbonyl (C=O) groups excluding carboxylic acids is 1. The molecule has 1 fully saturated rings. The summed E-state index contributed by atoms with van der Waals surface area (Å²) in [6.07, 6.45) is 2.15. The largest absolute Gasteiger partial charge is 0.465 e. The zero-order valence-electron chi connectivity index (χ0n) is 15.0. The van der Waals surface area contributed by atoms with Crippen molar-refractivity contribution < 1.29 is 9.53 Å². The van der Waals surface area contributed by atoms with Crippen LogP contribution in [0.25, 0.3) is 0 Å². The SMILES string of the molecule is COC(=O)c1ccc2c(c1)CC[C@@H]1CN(Cc3ccccc3Br)CCN21. The Morgan fingerprint density at radius 3 is 2.88 bits per heavy atom. The summed E-state index contributed by atoms with van der Waals surface area (Å²) in [6, 6.07) is 15.0. The zero-order valence-corrected chi connectivity index (χ0v) is 16.5. The summed E-state index contributed by atoms with van der Waals surface area (Å²) in [5.41, 5.74) is 4.55. The number of anilines is 1. The number of ether oxygens (including phenoxy) is 1. The van der Waals surface area contributed by atoms with Gasteiger partial charge in [-0.2, -0.15) is 0 Å². The zero-order chi connectivity index (χ0) is 18.1. The van der Waals surface area contributed by atoms with E-state index in [-0.39, 0.29) is 5.97 Å². The van der Waals surface area contributed by atoms with Crippen LogP contribution in [0.1, 0.15) is 27.9 Å². The summed E-state index contributed by atoms with van der Waals surface area (Å²) >= 11 is 3.66. The second-order valence-electron chi connectivity index (χ2n) is 7.05. The maximum absolute atomic E-state index is 11.8. The monoisotopic (exact) mass is 414 g/mol. The van der Waals surface area contributed by atoms with Gasteiger partial charge in [0.15, 0.2) is 0 Å². The van der Waals surface area contributed by atoms with Crippen molar-refractivity contribution >= 4 is 27.6 Å². The van der Waals surface area contributed by atoms with Gasteiger partial charge >= 0.3 is 5.97 Å². The molecule has 0 spiro atoms. The number of methoxy groups -OCH3 is 1. The fraction of sp³-hybridized carbons (Fsp3) is 0.381. The first-order valence-electron chi connectivity index (χ1n) is 9.09.